The fourth-order valence-corrected chi connectivity index (χ4v) is 2.85. The number of halogens is 4. The molecule has 1 heterocycles. The molecule has 0 aliphatic carbocycles. The maximum atomic E-state index is 13.5. The second kappa shape index (κ2) is 7.44. The standard InChI is InChI=1S/C19H16ClF3N2O3/c1-12-9-14(7-8-15(12)20)28-11-17(26)25-18(27,19(21,22)23)10-16(24-25)13-5-3-2-4-6-13/h2-9,27H,10-11H2,1H3/t18-/m1/s1. The molecule has 1 amide bonds. The quantitative estimate of drug-likeness (QED) is 0.828. The molecule has 0 bridgehead atoms. The number of hydrazone groups is 1. The number of hydrogen-bond acceptors (Lipinski definition) is 4. The van der Waals surface area contributed by atoms with Crippen molar-refractivity contribution in [2.24, 2.45) is 5.10 Å². The Morgan fingerprint density at radius 3 is 2.57 bits per heavy atom. The summed E-state index contributed by atoms with van der Waals surface area (Å²) in [6, 6.07) is 12.6. The zero-order valence-corrected chi connectivity index (χ0v) is 15.5. The highest BCUT2D eigenvalue weighted by Gasteiger charge is 2.63. The Labute approximate surface area is 164 Å². The van der Waals surface area contributed by atoms with Crippen LogP contribution in [-0.4, -0.2) is 40.2 Å². The minimum absolute atomic E-state index is 0.0453. The van der Waals surface area contributed by atoms with Crippen molar-refractivity contribution in [2.75, 3.05) is 6.61 Å². The van der Waals surface area contributed by atoms with E-state index in [2.05, 4.69) is 5.10 Å². The molecule has 1 N–H and O–H groups in total. The van der Waals surface area contributed by atoms with Gasteiger partial charge in [0, 0.05) is 5.02 Å². The van der Waals surface area contributed by atoms with Crippen LogP contribution in [-0.2, 0) is 4.79 Å². The number of nitrogens with zero attached hydrogens (tertiary/aromatic N) is 2. The lowest BCUT2D eigenvalue weighted by Gasteiger charge is -2.32. The molecule has 1 atom stereocenters. The number of aliphatic hydroxyl groups is 1. The summed E-state index contributed by atoms with van der Waals surface area (Å²) in [5.41, 5.74) is -2.41. The van der Waals surface area contributed by atoms with Crippen molar-refractivity contribution in [3.8, 4) is 5.75 Å². The molecule has 28 heavy (non-hydrogen) atoms. The van der Waals surface area contributed by atoms with Crippen molar-refractivity contribution in [1.82, 2.24) is 5.01 Å². The summed E-state index contributed by atoms with van der Waals surface area (Å²) < 4.78 is 45.9. The number of alkyl halides is 3. The molecule has 0 aromatic heterocycles. The lowest BCUT2D eigenvalue weighted by molar-refractivity contribution is -0.302. The number of amides is 1. The van der Waals surface area contributed by atoms with Gasteiger partial charge >= 0.3 is 6.18 Å². The van der Waals surface area contributed by atoms with E-state index >= 15 is 0 Å². The zero-order chi connectivity index (χ0) is 20.5. The number of carbonyl (C=O) groups excluding carboxylic acids is 1. The van der Waals surface area contributed by atoms with Gasteiger partial charge in [0.15, 0.2) is 6.61 Å². The van der Waals surface area contributed by atoms with Crippen LogP contribution in [0, 0.1) is 6.92 Å². The summed E-state index contributed by atoms with van der Waals surface area (Å²) in [6.45, 7) is 0.987. The van der Waals surface area contributed by atoms with Gasteiger partial charge in [0.1, 0.15) is 5.75 Å². The fourth-order valence-electron chi connectivity index (χ4n) is 2.73. The molecule has 3 rings (SSSR count). The largest absolute Gasteiger partial charge is 0.484 e. The fraction of sp³-hybridized carbons (Fsp3) is 0.263. The molecule has 0 fully saturated rings. The van der Waals surface area contributed by atoms with Crippen LogP contribution in [0.3, 0.4) is 0 Å². The van der Waals surface area contributed by atoms with E-state index in [1.165, 1.54) is 6.07 Å². The van der Waals surface area contributed by atoms with E-state index in [0.717, 1.165) is 0 Å². The SMILES string of the molecule is Cc1cc(OCC(=O)N2N=C(c3ccccc3)C[C@@]2(O)C(F)(F)F)ccc1Cl. The van der Waals surface area contributed by atoms with Gasteiger partial charge in [0.2, 0.25) is 0 Å². The maximum absolute atomic E-state index is 13.5. The van der Waals surface area contributed by atoms with Crippen LogP contribution in [0.25, 0.3) is 0 Å². The summed E-state index contributed by atoms with van der Waals surface area (Å²) in [7, 11) is 0. The highest BCUT2D eigenvalue weighted by Crippen LogP contribution is 2.41. The first-order valence-electron chi connectivity index (χ1n) is 8.26. The highest BCUT2D eigenvalue weighted by atomic mass is 35.5. The second-order valence-corrected chi connectivity index (χ2v) is 6.72. The molecule has 2 aromatic rings. The molecule has 0 spiro atoms. The van der Waals surface area contributed by atoms with Crippen LogP contribution in [0.15, 0.2) is 53.6 Å². The molecule has 1 aliphatic rings. The lowest BCUT2D eigenvalue weighted by Crippen LogP contribution is -2.57. The Bertz CT molecular complexity index is 918. The van der Waals surface area contributed by atoms with Crippen LogP contribution >= 0.6 is 11.6 Å². The number of rotatable bonds is 4. The third kappa shape index (κ3) is 3.83. The summed E-state index contributed by atoms with van der Waals surface area (Å²) in [5.74, 6) is -0.865. The van der Waals surface area contributed by atoms with Crippen LogP contribution in [0.2, 0.25) is 5.02 Å². The van der Waals surface area contributed by atoms with Crippen LogP contribution in [0.1, 0.15) is 17.5 Å². The normalized spacial score (nSPS) is 19.5. The van der Waals surface area contributed by atoms with Gasteiger partial charge in [0.05, 0.1) is 12.1 Å². The highest BCUT2D eigenvalue weighted by molar-refractivity contribution is 6.31. The molecule has 0 unspecified atom stereocenters. The van der Waals surface area contributed by atoms with Gasteiger partial charge in [-0.1, -0.05) is 41.9 Å². The van der Waals surface area contributed by atoms with E-state index in [9.17, 15) is 23.1 Å². The van der Waals surface area contributed by atoms with E-state index in [1.807, 2.05) is 0 Å². The van der Waals surface area contributed by atoms with Crippen molar-refractivity contribution in [3.05, 3.63) is 64.7 Å². The van der Waals surface area contributed by atoms with Crippen molar-refractivity contribution >= 4 is 23.2 Å². The molecule has 9 heteroatoms. The number of aryl methyl sites for hydroxylation is 1. The Hall–Kier alpha value is -2.58. The molecular formula is C19H16ClF3N2O3. The molecule has 0 saturated heterocycles. The zero-order valence-electron chi connectivity index (χ0n) is 14.7. The van der Waals surface area contributed by atoms with Crippen molar-refractivity contribution < 1.29 is 27.8 Å². The number of ether oxygens (including phenoxy) is 1. The predicted molar refractivity (Wildman–Crippen MR) is 97.1 cm³/mol. The lowest BCUT2D eigenvalue weighted by atomic mass is 10.0. The van der Waals surface area contributed by atoms with Gasteiger partial charge in [-0.2, -0.15) is 23.3 Å². The predicted octanol–water partition coefficient (Wildman–Crippen LogP) is 3.91. The molecule has 1 aliphatic heterocycles. The van der Waals surface area contributed by atoms with Crippen molar-refractivity contribution in [2.45, 2.75) is 25.2 Å². The average molecular weight is 413 g/mol. The summed E-state index contributed by atoms with van der Waals surface area (Å²) in [4.78, 5) is 12.4. The molecule has 5 nitrogen and oxygen atoms in total. The summed E-state index contributed by atoms with van der Waals surface area (Å²) in [6.07, 6.45) is -5.97. The number of benzene rings is 2. The second-order valence-electron chi connectivity index (χ2n) is 6.31. The Kier molecular flexibility index (Phi) is 5.36. The first-order chi connectivity index (χ1) is 13.1. The molecule has 2 aromatic carbocycles. The minimum atomic E-state index is -5.10. The molecule has 148 valence electrons. The van der Waals surface area contributed by atoms with Gasteiger partial charge in [-0.25, -0.2) is 0 Å². The summed E-state index contributed by atoms with van der Waals surface area (Å²) >= 11 is 5.90. The first-order valence-corrected chi connectivity index (χ1v) is 8.63. The Morgan fingerprint density at radius 1 is 1.29 bits per heavy atom. The number of hydrogen-bond donors (Lipinski definition) is 1. The number of carbonyl (C=O) groups is 1. The van der Waals surface area contributed by atoms with E-state index in [4.69, 9.17) is 16.3 Å². The van der Waals surface area contributed by atoms with Crippen LogP contribution in [0.5, 0.6) is 5.75 Å². The topological polar surface area (TPSA) is 62.1 Å². The van der Waals surface area contributed by atoms with Crippen molar-refractivity contribution in [3.63, 3.8) is 0 Å². The van der Waals surface area contributed by atoms with E-state index in [-0.39, 0.29) is 16.5 Å². The maximum Gasteiger partial charge on any atom is 0.438 e. The van der Waals surface area contributed by atoms with E-state index in [0.29, 0.717) is 16.1 Å². The van der Waals surface area contributed by atoms with E-state index < -0.39 is 30.8 Å². The van der Waals surface area contributed by atoms with Gasteiger partial charge in [-0.05, 0) is 36.2 Å². The average Bonchev–Trinajstić information content (AvgIpc) is 3.02. The van der Waals surface area contributed by atoms with E-state index in [1.54, 1.807) is 49.4 Å². The monoisotopic (exact) mass is 412 g/mol. The van der Waals surface area contributed by atoms with Crippen LogP contribution < -0.4 is 4.74 Å². The first kappa shape index (κ1) is 20.2. The van der Waals surface area contributed by atoms with Gasteiger partial charge in [-0.15, -0.1) is 0 Å². The third-order valence-electron chi connectivity index (χ3n) is 4.27. The smallest absolute Gasteiger partial charge is 0.438 e. The minimum Gasteiger partial charge on any atom is -0.484 e. The molecule has 0 saturated carbocycles. The van der Waals surface area contributed by atoms with Gasteiger partial charge in [-0.3, -0.25) is 4.79 Å². The van der Waals surface area contributed by atoms with Crippen LogP contribution in [0.4, 0.5) is 13.2 Å². The Morgan fingerprint density at radius 2 is 1.96 bits per heavy atom. The molecule has 0 radical (unpaired) electrons. The third-order valence-corrected chi connectivity index (χ3v) is 4.70. The molecular weight excluding hydrogens is 397 g/mol. The summed E-state index contributed by atoms with van der Waals surface area (Å²) in [5, 5.41) is 14.6. The van der Waals surface area contributed by atoms with Gasteiger partial charge < -0.3 is 9.84 Å². The van der Waals surface area contributed by atoms with Crippen molar-refractivity contribution in [1.29, 1.82) is 0 Å². The van der Waals surface area contributed by atoms with Gasteiger partial charge in [0.25, 0.3) is 11.6 Å². The Balaban J connectivity index is 1.83.